The molecule has 2 fully saturated rings. The van der Waals surface area contributed by atoms with Crippen molar-refractivity contribution >= 4 is 22.7 Å². The van der Waals surface area contributed by atoms with E-state index in [-0.39, 0.29) is 35.7 Å². The summed E-state index contributed by atoms with van der Waals surface area (Å²) in [4.78, 5) is 46.4. The van der Waals surface area contributed by atoms with E-state index in [0.717, 1.165) is 47.8 Å². The molecule has 1 unspecified atom stereocenters. The van der Waals surface area contributed by atoms with Crippen LogP contribution in [0.3, 0.4) is 0 Å². The van der Waals surface area contributed by atoms with Gasteiger partial charge in [-0.15, -0.1) is 0 Å². The van der Waals surface area contributed by atoms with Gasteiger partial charge in [-0.2, -0.15) is 0 Å². The number of imidazole rings is 2. The molecule has 0 radical (unpaired) electrons. The molecule has 0 saturated carbocycles. The van der Waals surface area contributed by atoms with Gasteiger partial charge in [-0.3, -0.25) is 9.59 Å². The highest BCUT2D eigenvalue weighted by Gasteiger charge is 2.38. The van der Waals surface area contributed by atoms with E-state index in [9.17, 15) is 14.0 Å². The molecule has 61 heavy (non-hydrogen) atoms. The Bertz CT molecular complexity index is 2620. The molecule has 0 bridgehead atoms. The number of hydrogen-bond acceptors (Lipinski definition) is 8. The molecule has 6 aromatic rings. The van der Waals surface area contributed by atoms with Crippen LogP contribution in [0.15, 0.2) is 73.1 Å². The Kier molecular flexibility index (Phi) is 10.6. The maximum absolute atomic E-state index is 16.7. The number of aromatic nitrogens is 5. The Hall–Kier alpha value is -6.06. The number of nitrogens with two attached hydrogens (primary N) is 2. The highest BCUT2D eigenvalue weighted by Crippen LogP contribution is 2.48. The number of ether oxygens (including phenoxy) is 2. The van der Waals surface area contributed by atoms with Gasteiger partial charge >= 0.3 is 0 Å². The lowest BCUT2D eigenvalue weighted by atomic mass is 10.0. The lowest BCUT2D eigenvalue weighted by Crippen LogP contribution is -2.46. The van der Waals surface area contributed by atoms with Crippen LogP contribution in [0.4, 0.5) is 8.78 Å². The van der Waals surface area contributed by atoms with Crippen molar-refractivity contribution < 1.29 is 27.8 Å². The van der Waals surface area contributed by atoms with Gasteiger partial charge in [0.15, 0.2) is 0 Å². The number of nitrogens with one attached hydrogen (secondary N) is 2. The maximum atomic E-state index is 16.7. The Morgan fingerprint density at radius 1 is 0.836 bits per heavy atom. The second-order valence-corrected chi connectivity index (χ2v) is 17.1. The third-order valence-electron chi connectivity index (χ3n) is 12.5. The Balaban J connectivity index is 1.08. The fourth-order valence-corrected chi connectivity index (χ4v) is 9.03. The average molecular weight is 832 g/mol. The molecular weight excluding hydrogens is 781 g/mol. The third kappa shape index (κ3) is 7.22. The summed E-state index contributed by atoms with van der Waals surface area (Å²) >= 11 is 0. The topological polar surface area (TPSA) is 173 Å². The molecule has 15 heteroatoms. The normalized spacial score (nSPS) is 19.7. The number of rotatable bonds is 11. The number of H-pyrrole nitrogens is 2. The van der Waals surface area contributed by atoms with E-state index in [1.165, 1.54) is 6.07 Å². The predicted molar refractivity (Wildman–Crippen MR) is 227 cm³/mol. The molecule has 3 aromatic heterocycles. The zero-order valence-corrected chi connectivity index (χ0v) is 34.7. The lowest BCUT2D eigenvalue weighted by Gasteiger charge is -2.31. The molecule has 9 rings (SSSR count). The quantitative estimate of drug-likeness (QED) is 0.103. The number of halogens is 2. The molecule has 318 valence electrons. The molecule has 0 aliphatic carbocycles. The number of fused-ring (bicyclic) bond motifs is 5. The van der Waals surface area contributed by atoms with Gasteiger partial charge in [0.2, 0.25) is 24.9 Å². The molecular formula is C46H51F2N9O4. The van der Waals surface area contributed by atoms with Crippen LogP contribution in [0.1, 0.15) is 88.9 Å². The molecule has 2 amide bonds. The fraction of sp³-hybridized carbons (Fsp3) is 0.391. The predicted octanol–water partition coefficient (Wildman–Crippen LogP) is 7.77. The van der Waals surface area contributed by atoms with Crippen LogP contribution in [0.25, 0.3) is 44.7 Å². The van der Waals surface area contributed by atoms with Crippen molar-refractivity contribution in [1.29, 1.82) is 0 Å². The number of amides is 2. The van der Waals surface area contributed by atoms with E-state index >= 15 is 4.39 Å². The van der Waals surface area contributed by atoms with Crippen LogP contribution in [-0.4, -0.2) is 78.2 Å². The lowest BCUT2D eigenvalue weighted by molar-refractivity contribution is -0.135. The Morgan fingerprint density at radius 2 is 1.46 bits per heavy atom. The minimum Gasteiger partial charge on any atom is -0.465 e. The zero-order chi connectivity index (χ0) is 42.7. The summed E-state index contributed by atoms with van der Waals surface area (Å²) in [7, 11) is 0. The van der Waals surface area contributed by atoms with Gasteiger partial charge in [-0.05, 0) is 80.0 Å². The standard InChI is InChI=1S/C46H51F2N9O4/c1-24(2)40(49)44(58)55-14-6-10-35(55)42-51-21-32(53-42)26-12-13-34-29(16-26)19-37-39-31(48)18-28(20-38(39)61-46(57(34)37)27-8-5-9-30(17-27)60-23-47)33-22-52-43(54-33)36-11-7-15-56(36)45(59)41(50)25(3)4/h5,8-9,12-13,16-22,24-25,35-36,40-41,46H,6-7,10-11,14-15,23,49-50H2,1-4H3,(H,51,53)(H,52,54)/t35-,36-,40-,41-,46?/m0/s1. The van der Waals surface area contributed by atoms with Crippen molar-refractivity contribution in [3.63, 3.8) is 0 Å². The highest BCUT2D eigenvalue weighted by molar-refractivity contribution is 5.93. The van der Waals surface area contributed by atoms with Crippen molar-refractivity contribution in [2.45, 2.75) is 83.8 Å². The number of alkyl halides is 1. The molecule has 0 spiro atoms. The first-order valence-electron chi connectivity index (χ1n) is 21.1. The minimum atomic E-state index is -0.994. The summed E-state index contributed by atoms with van der Waals surface area (Å²) in [6.45, 7) is 7.98. The van der Waals surface area contributed by atoms with Crippen LogP contribution in [0, 0.1) is 17.7 Å². The monoisotopic (exact) mass is 831 g/mol. The smallest absolute Gasteiger partial charge is 0.240 e. The summed E-state index contributed by atoms with van der Waals surface area (Å²) < 4.78 is 44.0. The summed E-state index contributed by atoms with van der Waals surface area (Å²) in [5.41, 5.74) is 17.6. The third-order valence-corrected chi connectivity index (χ3v) is 12.5. The average Bonchev–Trinajstić information content (AvgIpc) is 4.11. The number of nitrogens with zero attached hydrogens (tertiary/aromatic N) is 5. The van der Waals surface area contributed by atoms with E-state index in [1.807, 2.05) is 67.5 Å². The second kappa shape index (κ2) is 16.1. The minimum absolute atomic E-state index is 0.00531. The van der Waals surface area contributed by atoms with Crippen LogP contribution in [-0.2, 0) is 9.59 Å². The van der Waals surface area contributed by atoms with E-state index in [2.05, 4.69) is 15.0 Å². The van der Waals surface area contributed by atoms with E-state index < -0.39 is 31.0 Å². The SMILES string of the molecule is CC(C)[C@H](N)C(=O)N1CCC[C@H]1c1ncc(-c2cc(F)c3c(c2)OC(c2cccc(OCF)c2)n2c-3cc3cc(-c4cnc([C@@H]5CCCN5C(=O)[C@@H](N)C(C)C)[nH]4)ccc32)[nH]1. The van der Waals surface area contributed by atoms with E-state index in [1.54, 1.807) is 41.6 Å². The molecule has 5 atom stereocenters. The van der Waals surface area contributed by atoms with Crippen molar-refractivity contribution in [2.24, 2.45) is 23.3 Å². The number of hydrogen-bond donors (Lipinski definition) is 4. The Labute approximate surface area is 352 Å². The van der Waals surface area contributed by atoms with Crippen molar-refractivity contribution in [3.8, 4) is 45.3 Å². The van der Waals surface area contributed by atoms with Gasteiger partial charge in [-0.1, -0.05) is 45.9 Å². The first kappa shape index (κ1) is 40.4. The molecule has 3 aliphatic rings. The number of carbonyl (C=O) groups is 2. The van der Waals surface area contributed by atoms with Crippen LogP contribution in [0.2, 0.25) is 0 Å². The van der Waals surface area contributed by atoms with Gasteiger partial charge in [0.25, 0.3) is 0 Å². The van der Waals surface area contributed by atoms with Crippen molar-refractivity contribution in [3.05, 3.63) is 96.1 Å². The van der Waals surface area contributed by atoms with Crippen molar-refractivity contribution in [1.82, 2.24) is 34.3 Å². The summed E-state index contributed by atoms with van der Waals surface area (Å²) in [6.07, 6.45) is 5.87. The molecule has 3 aliphatic heterocycles. The largest absolute Gasteiger partial charge is 0.465 e. The number of aromatic amines is 2. The van der Waals surface area contributed by atoms with Crippen molar-refractivity contribution in [2.75, 3.05) is 20.0 Å². The molecule has 6 N–H and O–H groups in total. The van der Waals surface area contributed by atoms with Crippen LogP contribution >= 0.6 is 0 Å². The maximum Gasteiger partial charge on any atom is 0.240 e. The molecule has 3 aromatic carbocycles. The number of likely N-dealkylation sites (tertiary alicyclic amines) is 2. The molecule has 6 heterocycles. The fourth-order valence-electron chi connectivity index (χ4n) is 9.03. The zero-order valence-electron chi connectivity index (χ0n) is 34.7. The van der Waals surface area contributed by atoms with Crippen LogP contribution < -0.4 is 20.9 Å². The summed E-state index contributed by atoms with van der Waals surface area (Å²) in [6, 6.07) is 16.5. The van der Waals surface area contributed by atoms with Gasteiger partial charge in [0.1, 0.15) is 29.0 Å². The van der Waals surface area contributed by atoms with Gasteiger partial charge < -0.3 is 45.3 Å². The summed E-state index contributed by atoms with van der Waals surface area (Å²) in [5, 5.41) is 0.830. The molecule has 2 saturated heterocycles. The Morgan fingerprint density at radius 3 is 2.07 bits per heavy atom. The first-order chi connectivity index (χ1) is 29.4. The van der Waals surface area contributed by atoms with Gasteiger partial charge in [0.05, 0.1) is 64.7 Å². The highest BCUT2D eigenvalue weighted by atomic mass is 19.1. The van der Waals surface area contributed by atoms with Crippen LogP contribution in [0.5, 0.6) is 11.5 Å². The van der Waals surface area contributed by atoms with E-state index in [4.69, 9.17) is 25.9 Å². The van der Waals surface area contributed by atoms with Gasteiger partial charge in [0, 0.05) is 35.2 Å². The summed E-state index contributed by atoms with van der Waals surface area (Å²) in [5.74, 6) is 1.31. The van der Waals surface area contributed by atoms with Gasteiger partial charge in [-0.25, -0.2) is 18.7 Å². The molecule has 13 nitrogen and oxygen atoms in total. The number of benzene rings is 3. The first-order valence-corrected chi connectivity index (χ1v) is 21.1. The second-order valence-electron chi connectivity index (χ2n) is 17.1. The number of carbonyl (C=O) groups excluding carboxylic acids is 2. The van der Waals surface area contributed by atoms with E-state index in [0.29, 0.717) is 64.3 Å².